The molecule has 10 nitrogen and oxygen atoms in total. The van der Waals surface area contributed by atoms with Crippen LogP contribution in [0, 0.1) is 17.7 Å². The van der Waals surface area contributed by atoms with E-state index in [-0.39, 0.29) is 37.3 Å². The van der Waals surface area contributed by atoms with Crippen molar-refractivity contribution in [3.05, 3.63) is 53.8 Å². The molecule has 45 heavy (non-hydrogen) atoms. The maximum atomic E-state index is 14.9. The lowest BCUT2D eigenvalue weighted by Crippen LogP contribution is -2.46. The van der Waals surface area contributed by atoms with E-state index < -0.39 is 36.5 Å². The number of methoxy groups -OCH3 is 1. The van der Waals surface area contributed by atoms with Gasteiger partial charge in [-0.2, -0.15) is 0 Å². The molecule has 2 saturated heterocycles. The molecule has 2 aliphatic heterocycles. The molecule has 0 radical (unpaired) electrons. The zero-order chi connectivity index (χ0) is 32.3. The number of piperidine rings is 2. The van der Waals surface area contributed by atoms with Crippen LogP contribution < -0.4 is 10.1 Å². The van der Waals surface area contributed by atoms with Crippen LogP contribution >= 0.6 is 0 Å². The number of ether oxygens (including phenoxy) is 2. The maximum absolute atomic E-state index is 14.9. The molecule has 2 N–H and O–H groups in total. The number of halogens is 2. The fourth-order valence-electron chi connectivity index (χ4n) is 5.99. The highest BCUT2D eigenvalue weighted by molar-refractivity contribution is 5.82. The van der Waals surface area contributed by atoms with Crippen LogP contribution in [0.1, 0.15) is 56.6 Å². The Kier molecular flexibility index (Phi) is 12.1. The molecule has 1 unspecified atom stereocenters. The minimum Gasteiger partial charge on any atom is -0.491 e. The van der Waals surface area contributed by atoms with E-state index in [0.29, 0.717) is 67.8 Å². The number of hydrogen-bond acceptors (Lipinski definition) is 6. The van der Waals surface area contributed by atoms with Crippen LogP contribution in [-0.4, -0.2) is 85.4 Å². The highest BCUT2D eigenvalue weighted by Gasteiger charge is 2.31. The van der Waals surface area contributed by atoms with Gasteiger partial charge in [-0.3, -0.25) is 14.4 Å². The third-order valence-corrected chi connectivity index (χ3v) is 8.57. The monoisotopic (exact) mass is 629 g/mol. The van der Waals surface area contributed by atoms with Gasteiger partial charge in [0.25, 0.3) is 0 Å². The molecule has 2 aromatic carbocycles. The molecule has 3 amide bonds. The summed E-state index contributed by atoms with van der Waals surface area (Å²) < 4.78 is 37.4. The third-order valence-electron chi connectivity index (χ3n) is 8.57. The smallest absolute Gasteiger partial charge is 0.407 e. The van der Waals surface area contributed by atoms with Gasteiger partial charge in [0.1, 0.15) is 24.8 Å². The van der Waals surface area contributed by atoms with Crippen molar-refractivity contribution in [3.8, 4) is 16.9 Å². The van der Waals surface area contributed by atoms with Crippen LogP contribution in [0.2, 0.25) is 0 Å². The number of nitrogens with one attached hydrogen (secondary N) is 1. The summed E-state index contributed by atoms with van der Waals surface area (Å²) in [4.78, 5) is 53.1. The van der Waals surface area contributed by atoms with E-state index in [2.05, 4.69) is 5.32 Å². The molecule has 0 aromatic heterocycles. The Morgan fingerprint density at radius 2 is 1.73 bits per heavy atom. The number of rotatable bonds is 12. The Hall–Kier alpha value is -4.22. The zero-order valence-corrected chi connectivity index (χ0v) is 25.5. The van der Waals surface area contributed by atoms with Crippen LogP contribution in [0.5, 0.6) is 5.75 Å². The van der Waals surface area contributed by atoms with Gasteiger partial charge in [0.05, 0.1) is 25.5 Å². The number of esters is 1. The zero-order valence-electron chi connectivity index (χ0n) is 25.5. The third kappa shape index (κ3) is 9.63. The summed E-state index contributed by atoms with van der Waals surface area (Å²) in [5.41, 5.74) is 1.58. The van der Waals surface area contributed by atoms with E-state index in [1.54, 1.807) is 35.2 Å². The highest BCUT2D eigenvalue weighted by Crippen LogP contribution is 2.29. The average molecular weight is 630 g/mol. The molecule has 0 aliphatic carbocycles. The molecule has 0 bridgehead atoms. The van der Waals surface area contributed by atoms with Crippen molar-refractivity contribution >= 4 is 23.9 Å². The van der Waals surface area contributed by atoms with Gasteiger partial charge in [0.15, 0.2) is 0 Å². The normalized spacial score (nSPS) is 17.8. The lowest BCUT2D eigenvalue weighted by molar-refractivity contribution is -0.141. The molecule has 244 valence electrons. The minimum atomic E-state index is -0.915. The van der Waals surface area contributed by atoms with E-state index in [1.807, 2.05) is 0 Å². The molecule has 2 aromatic rings. The first-order valence-corrected chi connectivity index (χ1v) is 15.4. The van der Waals surface area contributed by atoms with Gasteiger partial charge in [-0.1, -0.05) is 12.1 Å². The molecule has 2 aliphatic rings. The van der Waals surface area contributed by atoms with Gasteiger partial charge in [-0.05, 0) is 85.0 Å². The van der Waals surface area contributed by atoms with E-state index >= 15 is 0 Å². The summed E-state index contributed by atoms with van der Waals surface area (Å²) in [7, 11) is 1.24. The van der Waals surface area contributed by atoms with Gasteiger partial charge < -0.3 is 29.7 Å². The first-order valence-electron chi connectivity index (χ1n) is 15.4. The molecule has 4 rings (SSSR count). The Bertz CT molecular complexity index is 1330. The summed E-state index contributed by atoms with van der Waals surface area (Å²) in [5, 5.41) is 12.0. The second-order valence-corrected chi connectivity index (χ2v) is 11.6. The van der Waals surface area contributed by atoms with E-state index in [0.717, 1.165) is 12.8 Å². The van der Waals surface area contributed by atoms with Gasteiger partial charge in [-0.25, -0.2) is 13.6 Å². The lowest BCUT2D eigenvalue weighted by Gasteiger charge is -2.34. The molecule has 0 spiro atoms. The van der Waals surface area contributed by atoms with E-state index in [1.165, 1.54) is 24.1 Å². The second-order valence-electron chi connectivity index (χ2n) is 11.6. The van der Waals surface area contributed by atoms with Crippen molar-refractivity contribution in [3.63, 3.8) is 0 Å². The summed E-state index contributed by atoms with van der Waals surface area (Å²) >= 11 is 0. The average Bonchev–Trinajstić information content (AvgIpc) is 3.06. The van der Waals surface area contributed by atoms with Crippen LogP contribution in [0.25, 0.3) is 11.1 Å². The second kappa shape index (κ2) is 16.2. The number of alkyl halides is 1. The minimum absolute atomic E-state index is 0.0323. The SMILES string of the molecule is COC(=O)CC(NC(=O)[C@@H]1CCCN(C(=O)CCC2CCN(C(=O)O)CC2)C1)c1cc(F)cc(-c2ccc(OCCF)cc2)c1. The first kappa shape index (κ1) is 33.7. The van der Waals surface area contributed by atoms with Crippen molar-refractivity contribution in [2.24, 2.45) is 11.8 Å². The Morgan fingerprint density at radius 3 is 2.40 bits per heavy atom. The summed E-state index contributed by atoms with van der Waals surface area (Å²) in [6.45, 7) is 1.06. The lowest BCUT2D eigenvalue weighted by atomic mass is 9.91. The number of carbonyl (C=O) groups is 4. The van der Waals surface area contributed by atoms with Crippen LogP contribution in [0.3, 0.4) is 0 Å². The highest BCUT2D eigenvalue weighted by atomic mass is 19.1. The van der Waals surface area contributed by atoms with Crippen molar-refractivity contribution in [2.45, 2.75) is 51.0 Å². The Balaban J connectivity index is 1.40. The molecule has 12 heteroatoms. The topological polar surface area (TPSA) is 125 Å². The number of benzene rings is 2. The fraction of sp³-hybridized carbons (Fsp3) is 0.515. The van der Waals surface area contributed by atoms with E-state index in [4.69, 9.17) is 14.6 Å². The van der Waals surface area contributed by atoms with Crippen molar-refractivity contribution in [1.29, 1.82) is 0 Å². The van der Waals surface area contributed by atoms with Crippen LogP contribution in [0.15, 0.2) is 42.5 Å². The van der Waals surface area contributed by atoms with Crippen LogP contribution in [-0.2, 0) is 19.1 Å². The quantitative estimate of drug-likeness (QED) is 0.318. The summed E-state index contributed by atoms with van der Waals surface area (Å²) in [6, 6.07) is 10.2. The maximum Gasteiger partial charge on any atom is 0.407 e. The fourth-order valence-corrected chi connectivity index (χ4v) is 5.99. The van der Waals surface area contributed by atoms with Crippen molar-refractivity contribution < 1.29 is 42.5 Å². The van der Waals surface area contributed by atoms with Crippen LogP contribution in [0.4, 0.5) is 13.6 Å². The number of amides is 3. The predicted octanol–water partition coefficient (Wildman–Crippen LogP) is 4.97. The number of carbonyl (C=O) groups excluding carboxylic acids is 3. The molecular formula is C33H41F2N3O7. The van der Waals surface area contributed by atoms with Crippen molar-refractivity contribution in [2.75, 3.05) is 46.6 Å². The number of hydrogen-bond donors (Lipinski definition) is 2. The summed E-state index contributed by atoms with van der Waals surface area (Å²) in [6.07, 6.45) is 2.57. The predicted molar refractivity (Wildman–Crippen MR) is 162 cm³/mol. The number of likely N-dealkylation sites (tertiary alicyclic amines) is 2. The van der Waals surface area contributed by atoms with Gasteiger partial charge in [0, 0.05) is 32.6 Å². The van der Waals surface area contributed by atoms with Gasteiger partial charge in [-0.15, -0.1) is 0 Å². The standard InChI is InChI=1S/C33H41F2N3O7/c1-44-31(40)20-29(26-17-25(18-27(35)19-26)23-5-7-28(8-6-23)45-16-12-34)36-32(41)24-3-2-13-38(21-24)30(39)9-4-22-10-14-37(15-11-22)33(42)43/h5-8,17-19,22,24,29H,2-4,9-16,20-21H2,1H3,(H,36,41)(H,42,43)/t24-,29?/m1/s1. The molecule has 2 fully saturated rings. The van der Waals surface area contributed by atoms with Crippen molar-refractivity contribution in [1.82, 2.24) is 15.1 Å². The Morgan fingerprint density at radius 1 is 1.00 bits per heavy atom. The van der Waals surface area contributed by atoms with Gasteiger partial charge >= 0.3 is 12.1 Å². The Labute approximate surface area is 261 Å². The molecule has 2 heterocycles. The first-order chi connectivity index (χ1) is 21.7. The van der Waals surface area contributed by atoms with Gasteiger partial charge in [0.2, 0.25) is 11.8 Å². The molecule has 0 saturated carbocycles. The molecule has 2 atom stereocenters. The molecular weight excluding hydrogens is 588 g/mol. The summed E-state index contributed by atoms with van der Waals surface area (Å²) in [5.74, 6) is -1.21. The number of carboxylic acid groups (broad SMARTS) is 1. The largest absolute Gasteiger partial charge is 0.491 e. The van der Waals surface area contributed by atoms with E-state index in [9.17, 15) is 28.0 Å². The number of nitrogens with zero attached hydrogens (tertiary/aromatic N) is 2.